The lowest BCUT2D eigenvalue weighted by molar-refractivity contribution is 0.0848. The fourth-order valence-electron chi connectivity index (χ4n) is 2.68. The van der Waals surface area contributed by atoms with Crippen molar-refractivity contribution in [3.05, 3.63) is 28.8 Å². The van der Waals surface area contributed by atoms with Crippen molar-refractivity contribution in [1.29, 1.82) is 5.26 Å². The van der Waals surface area contributed by atoms with Gasteiger partial charge in [-0.15, -0.1) is 0 Å². The molecule has 0 spiro atoms. The molecule has 2 atom stereocenters. The first-order valence-corrected chi connectivity index (χ1v) is 8.71. The van der Waals surface area contributed by atoms with E-state index in [2.05, 4.69) is 4.72 Å². The smallest absolute Gasteiger partial charge is 0.242 e. The molecule has 3 rings (SSSR count). The van der Waals surface area contributed by atoms with Gasteiger partial charge in [0, 0.05) is 6.61 Å². The lowest BCUT2D eigenvalue weighted by Crippen LogP contribution is -2.41. The topological polar surface area (TPSA) is 79.2 Å². The van der Waals surface area contributed by atoms with Crippen LogP contribution in [-0.2, 0) is 14.8 Å². The van der Waals surface area contributed by atoms with Gasteiger partial charge >= 0.3 is 0 Å². The number of ether oxygens (including phenoxy) is 1. The standard InChI is InChI=1S/C14H15ClN2O3S/c15-11-7-9(8-16)1-4-13(11)21(18,19)17-12-5-6-20-14(12)10-2-3-10/h1,4,7,10,12,14,17H,2-3,5-6H2. The van der Waals surface area contributed by atoms with E-state index in [0.29, 0.717) is 24.5 Å². The molecule has 0 radical (unpaired) electrons. The first-order chi connectivity index (χ1) is 10.0. The maximum Gasteiger partial charge on any atom is 0.242 e. The van der Waals surface area contributed by atoms with E-state index in [0.717, 1.165) is 12.8 Å². The molecular formula is C14H15ClN2O3S. The minimum Gasteiger partial charge on any atom is -0.376 e. The van der Waals surface area contributed by atoms with Crippen LogP contribution in [0.1, 0.15) is 24.8 Å². The van der Waals surface area contributed by atoms with E-state index in [1.807, 2.05) is 6.07 Å². The van der Waals surface area contributed by atoms with Crippen LogP contribution in [0.5, 0.6) is 0 Å². The largest absolute Gasteiger partial charge is 0.376 e. The molecule has 1 heterocycles. The number of hydrogen-bond donors (Lipinski definition) is 1. The summed E-state index contributed by atoms with van der Waals surface area (Å²) in [7, 11) is -3.71. The Morgan fingerprint density at radius 2 is 2.10 bits per heavy atom. The predicted octanol–water partition coefficient (Wildman–Crippen LogP) is 2.06. The number of benzene rings is 1. The Balaban J connectivity index is 1.82. The molecule has 2 unspecified atom stereocenters. The Labute approximate surface area is 128 Å². The molecule has 5 nitrogen and oxygen atoms in total. The minimum atomic E-state index is -3.71. The third-order valence-corrected chi connectivity index (χ3v) is 5.85. The van der Waals surface area contributed by atoms with Crippen LogP contribution in [0.15, 0.2) is 23.1 Å². The zero-order valence-corrected chi connectivity index (χ0v) is 12.8. The Hall–Kier alpha value is -1.13. The van der Waals surface area contributed by atoms with Gasteiger partial charge in [0.2, 0.25) is 10.0 Å². The molecule has 1 aliphatic heterocycles. The van der Waals surface area contributed by atoms with Gasteiger partial charge in [0.05, 0.1) is 28.8 Å². The molecule has 0 amide bonds. The Morgan fingerprint density at radius 1 is 1.33 bits per heavy atom. The minimum absolute atomic E-state index is 0.00427. The molecule has 1 aromatic carbocycles. The summed E-state index contributed by atoms with van der Waals surface area (Å²) in [6, 6.07) is 5.91. The monoisotopic (exact) mass is 326 g/mol. The normalized spacial score (nSPS) is 25.7. The van der Waals surface area contributed by atoms with E-state index < -0.39 is 10.0 Å². The molecule has 112 valence electrons. The van der Waals surface area contributed by atoms with Crippen molar-refractivity contribution in [2.75, 3.05) is 6.61 Å². The fourth-order valence-corrected chi connectivity index (χ4v) is 4.50. The second-order valence-electron chi connectivity index (χ2n) is 5.45. The van der Waals surface area contributed by atoms with E-state index in [9.17, 15) is 8.42 Å². The quantitative estimate of drug-likeness (QED) is 0.918. The highest BCUT2D eigenvalue weighted by Gasteiger charge is 2.42. The maximum atomic E-state index is 12.5. The summed E-state index contributed by atoms with van der Waals surface area (Å²) in [6.45, 7) is 0.579. The molecule has 1 saturated carbocycles. The van der Waals surface area contributed by atoms with Crippen molar-refractivity contribution in [2.45, 2.75) is 36.3 Å². The van der Waals surface area contributed by atoms with E-state index in [4.69, 9.17) is 21.6 Å². The zero-order chi connectivity index (χ0) is 15.0. The lowest BCUT2D eigenvalue weighted by atomic mass is 10.1. The van der Waals surface area contributed by atoms with Crippen LogP contribution < -0.4 is 4.72 Å². The third kappa shape index (κ3) is 3.06. The number of hydrogen-bond acceptors (Lipinski definition) is 4. The first-order valence-electron chi connectivity index (χ1n) is 6.85. The van der Waals surface area contributed by atoms with Gasteiger partial charge in [-0.25, -0.2) is 13.1 Å². The fraction of sp³-hybridized carbons (Fsp3) is 0.500. The average molecular weight is 327 g/mol. The van der Waals surface area contributed by atoms with Crippen molar-refractivity contribution in [3.63, 3.8) is 0 Å². The Kier molecular flexibility index (Phi) is 3.93. The Bertz CT molecular complexity index is 695. The molecule has 0 aromatic heterocycles. The van der Waals surface area contributed by atoms with Crippen LogP contribution in [0, 0.1) is 17.2 Å². The highest BCUT2D eigenvalue weighted by atomic mass is 35.5. The molecule has 1 aromatic rings. The van der Waals surface area contributed by atoms with Gasteiger partial charge in [0.25, 0.3) is 0 Å². The Morgan fingerprint density at radius 3 is 2.71 bits per heavy atom. The summed E-state index contributed by atoms with van der Waals surface area (Å²) in [5, 5.41) is 8.86. The zero-order valence-electron chi connectivity index (χ0n) is 11.3. The van der Waals surface area contributed by atoms with Crippen LogP contribution in [-0.4, -0.2) is 27.2 Å². The predicted molar refractivity (Wildman–Crippen MR) is 77.4 cm³/mol. The van der Waals surface area contributed by atoms with Crippen LogP contribution >= 0.6 is 11.6 Å². The summed E-state index contributed by atoms with van der Waals surface area (Å²) in [4.78, 5) is 0.00427. The van der Waals surface area contributed by atoms with Gasteiger partial charge in [-0.3, -0.25) is 0 Å². The number of nitrogens with one attached hydrogen (secondary N) is 1. The molecule has 2 aliphatic rings. The number of nitriles is 1. The molecule has 0 bridgehead atoms. The highest BCUT2D eigenvalue weighted by Crippen LogP contribution is 2.39. The van der Waals surface area contributed by atoms with Crippen molar-refractivity contribution in [3.8, 4) is 6.07 Å². The number of rotatable bonds is 4. The summed E-state index contributed by atoms with van der Waals surface area (Å²) in [6.07, 6.45) is 2.84. The molecule has 1 aliphatic carbocycles. The molecule has 1 saturated heterocycles. The van der Waals surface area contributed by atoms with Crippen molar-refractivity contribution >= 4 is 21.6 Å². The van der Waals surface area contributed by atoms with Crippen LogP contribution in [0.25, 0.3) is 0 Å². The second-order valence-corrected chi connectivity index (χ2v) is 7.54. The van der Waals surface area contributed by atoms with E-state index in [1.54, 1.807) is 0 Å². The number of halogens is 1. The van der Waals surface area contributed by atoms with Gasteiger partial charge in [0.1, 0.15) is 4.90 Å². The molecule has 2 fully saturated rings. The SMILES string of the molecule is N#Cc1ccc(S(=O)(=O)NC2CCOC2C2CC2)c(Cl)c1. The van der Waals surface area contributed by atoms with Crippen molar-refractivity contribution in [2.24, 2.45) is 5.92 Å². The van der Waals surface area contributed by atoms with Gasteiger partial charge in [0.15, 0.2) is 0 Å². The van der Waals surface area contributed by atoms with Crippen LogP contribution in [0.2, 0.25) is 5.02 Å². The third-order valence-electron chi connectivity index (χ3n) is 3.88. The van der Waals surface area contributed by atoms with Crippen molar-refractivity contribution in [1.82, 2.24) is 4.72 Å². The van der Waals surface area contributed by atoms with Crippen LogP contribution in [0.4, 0.5) is 0 Å². The molecular weight excluding hydrogens is 312 g/mol. The average Bonchev–Trinajstić information content (AvgIpc) is 3.19. The van der Waals surface area contributed by atoms with E-state index in [-0.39, 0.29) is 22.1 Å². The van der Waals surface area contributed by atoms with Gasteiger partial charge in [-0.1, -0.05) is 11.6 Å². The summed E-state index contributed by atoms with van der Waals surface area (Å²) in [5.74, 6) is 0.469. The first kappa shape index (κ1) is 14.8. The lowest BCUT2D eigenvalue weighted by Gasteiger charge is -2.19. The maximum absolute atomic E-state index is 12.5. The van der Waals surface area contributed by atoms with Crippen LogP contribution in [0.3, 0.4) is 0 Å². The summed E-state index contributed by atoms with van der Waals surface area (Å²) in [5.41, 5.74) is 0.332. The number of sulfonamides is 1. The van der Waals surface area contributed by atoms with E-state index in [1.165, 1.54) is 18.2 Å². The molecule has 21 heavy (non-hydrogen) atoms. The molecule has 1 N–H and O–H groups in total. The van der Waals surface area contributed by atoms with Gasteiger partial charge in [-0.2, -0.15) is 5.26 Å². The van der Waals surface area contributed by atoms with Gasteiger partial charge in [-0.05, 0) is 43.4 Å². The van der Waals surface area contributed by atoms with Crippen molar-refractivity contribution < 1.29 is 13.2 Å². The second kappa shape index (κ2) is 5.58. The molecule has 7 heteroatoms. The summed E-state index contributed by atoms with van der Waals surface area (Å²) < 4.78 is 33.3. The number of nitrogens with zero attached hydrogens (tertiary/aromatic N) is 1. The van der Waals surface area contributed by atoms with E-state index >= 15 is 0 Å². The van der Waals surface area contributed by atoms with Gasteiger partial charge < -0.3 is 4.74 Å². The summed E-state index contributed by atoms with van der Waals surface area (Å²) >= 11 is 5.99. The highest BCUT2D eigenvalue weighted by molar-refractivity contribution is 7.89.